The second kappa shape index (κ2) is 7.99. The van der Waals surface area contributed by atoms with Gasteiger partial charge in [-0.25, -0.2) is 4.39 Å². The normalized spacial score (nSPS) is 15.2. The Bertz CT molecular complexity index is 1040. The predicted octanol–water partition coefficient (Wildman–Crippen LogP) is 3.11. The second-order valence-corrected chi connectivity index (χ2v) is 6.59. The van der Waals surface area contributed by atoms with E-state index in [0.29, 0.717) is 55.2 Å². The quantitative estimate of drug-likeness (QED) is 0.680. The molecule has 0 amide bonds. The lowest BCUT2D eigenvalue weighted by atomic mass is 10.3. The van der Waals surface area contributed by atoms with Gasteiger partial charge in [-0.1, -0.05) is 0 Å². The number of nitrogens with one attached hydrogen (secondary N) is 1. The molecule has 5 rings (SSSR count). The maximum absolute atomic E-state index is 13.2. The Morgan fingerprint density at radius 3 is 2.57 bits per heavy atom. The zero-order valence-corrected chi connectivity index (χ0v) is 15.9. The van der Waals surface area contributed by atoms with E-state index >= 15 is 0 Å². The summed E-state index contributed by atoms with van der Waals surface area (Å²) < 4.78 is 35.2. The average Bonchev–Trinajstić information content (AvgIpc) is 3.24. The van der Waals surface area contributed by atoms with E-state index in [1.807, 2.05) is 4.90 Å². The summed E-state index contributed by atoms with van der Waals surface area (Å²) in [6, 6.07) is 11.3. The first-order valence-electron chi connectivity index (χ1n) is 9.42. The predicted molar refractivity (Wildman–Crippen MR) is 105 cm³/mol. The van der Waals surface area contributed by atoms with Crippen molar-refractivity contribution in [2.45, 2.75) is 0 Å². The van der Waals surface area contributed by atoms with Gasteiger partial charge >= 0.3 is 6.01 Å². The van der Waals surface area contributed by atoms with Gasteiger partial charge in [-0.2, -0.15) is 15.0 Å². The van der Waals surface area contributed by atoms with Crippen LogP contribution in [0, 0.1) is 5.82 Å². The zero-order valence-electron chi connectivity index (χ0n) is 15.9. The minimum atomic E-state index is -0.322. The fourth-order valence-corrected chi connectivity index (χ4v) is 3.06. The first kappa shape index (κ1) is 18.4. The maximum Gasteiger partial charge on any atom is 0.328 e. The first-order valence-corrected chi connectivity index (χ1v) is 9.42. The summed E-state index contributed by atoms with van der Waals surface area (Å²) in [7, 11) is 0. The smallest absolute Gasteiger partial charge is 0.328 e. The van der Waals surface area contributed by atoms with Crippen LogP contribution in [0.1, 0.15) is 0 Å². The first-order chi connectivity index (χ1) is 14.7. The number of morpholine rings is 1. The van der Waals surface area contributed by atoms with E-state index in [2.05, 4.69) is 20.3 Å². The minimum absolute atomic E-state index is 0.120. The molecule has 9 nitrogen and oxygen atoms in total. The number of halogens is 1. The molecule has 1 aromatic heterocycles. The van der Waals surface area contributed by atoms with Crippen molar-refractivity contribution in [3.63, 3.8) is 0 Å². The Hall–Kier alpha value is -3.66. The van der Waals surface area contributed by atoms with Gasteiger partial charge in [-0.3, -0.25) is 0 Å². The molecule has 1 fully saturated rings. The monoisotopic (exact) mass is 411 g/mol. The van der Waals surface area contributed by atoms with Gasteiger partial charge in [0.25, 0.3) is 0 Å². The van der Waals surface area contributed by atoms with Crippen LogP contribution in [0.4, 0.5) is 22.0 Å². The molecular weight excluding hydrogens is 393 g/mol. The Morgan fingerprint density at radius 1 is 0.933 bits per heavy atom. The number of rotatable bonds is 5. The average molecular weight is 411 g/mol. The molecule has 0 saturated carbocycles. The third-order valence-electron chi connectivity index (χ3n) is 4.55. The summed E-state index contributed by atoms with van der Waals surface area (Å²) in [5.41, 5.74) is 0.643. The van der Waals surface area contributed by atoms with Crippen molar-refractivity contribution in [1.82, 2.24) is 15.0 Å². The van der Waals surface area contributed by atoms with E-state index in [1.54, 1.807) is 30.3 Å². The van der Waals surface area contributed by atoms with Crippen LogP contribution in [0.3, 0.4) is 0 Å². The highest BCUT2D eigenvalue weighted by molar-refractivity contribution is 5.55. The lowest BCUT2D eigenvalue weighted by Crippen LogP contribution is -2.37. The Labute approximate surface area is 171 Å². The molecular formula is C20H18FN5O4. The highest BCUT2D eigenvalue weighted by Gasteiger charge is 2.19. The van der Waals surface area contributed by atoms with Gasteiger partial charge in [0.15, 0.2) is 11.5 Å². The van der Waals surface area contributed by atoms with Crippen LogP contribution in [0.15, 0.2) is 42.5 Å². The number of fused-ring (bicyclic) bond motifs is 1. The molecule has 0 radical (unpaired) electrons. The molecule has 2 aromatic carbocycles. The van der Waals surface area contributed by atoms with Gasteiger partial charge in [-0.15, -0.1) is 0 Å². The van der Waals surface area contributed by atoms with Crippen molar-refractivity contribution in [3.05, 3.63) is 48.3 Å². The van der Waals surface area contributed by atoms with Crippen molar-refractivity contribution < 1.29 is 23.3 Å². The highest BCUT2D eigenvalue weighted by atomic mass is 19.1. The molecule has 1 saturated heterocycles. The van der Waals surface area contributed by atoms with Crippen molar-refractivity contribution in [2.75, 3.05) is 43.3 Å². The van der Waals surface area contributed by atoms with Crippen molar-refractivity contribution in [2.24, 2.45) is 0 Å². The highest BCUT2D eigenvalue weighted by Crippen LogP contribution is 2.36. The van der Waals surface area contributed by atoms with E-state index < -0.39 is 0 Å². The van der Waals surface area contributed by atoms with E-state index in [4.69, 9.17) is 18.9 Å². The zero-order chi connectivity index (χ0) is 20.3. The number of anilines is 3. The lowest BCUT2D eigenvalue weighted by Gasteiger charge is -2.27. The van der Waals surface area contributed by atoms with Crippen LogP contribution in [0.5, 0.6) is 23.3 Å². The number of benzene rings is 2. The Balaban J connectivity index is 1.44. The number of ether oxygens (including phenoxy) is 4. The van der Waals surface area contributed by atoms with E-state index in [0.717, 1.165) is 0 Å². The van der Waals surface area contributed by atoms with Crippen molar-refractivity contribution in [3.8, 4) is 23.3 Å². The van der Waals surface area contributed by atoms with E-state index in [1.165, 1.54) is 12.1 Å². The topological polar surface area (TPSA) is 90.9 Å². The fourth-order valence-electron chi connectivity index (χ4n) is 3.06. The van der Waals surface area contributed by atoms with Crippen LogP contribution >= 0.6 is 0 Å². The molecule has 2 aliphatic rings. The molecule has 2 aliphatic heterocycles. The second-order valence-electron chi connectivity index (χ2n) is 6.59. The van der Waals surface area contributed by atoms with Crippen LogP contribution in [0.25, 0.3) is 0 Å². The number of aromatic nitrogens is 3. The molecule has 0 spiro atoms. The van der Waals surface area contributed by atoms with Crippen LogP contribution in [-0.4, -0.2) is 48.0 Å². The number of hydrogen-bond donors (Lipinski definition) is 1. The van der Waals surface area contributed by atoms with Gasteiger partial charge < -0.3 is 29.2 Å². The SMILES string of the molecule is Fc1ccc(Nc2nc(Oc3ccc4c(c3)OCO4)nc(N3CCOCC3)n2)cc1. The molecule has 3 aromatic rings. The van der Waals surface area contributed by atoms with Crippen LogP contribution in [0.2, 0.25) is 0 Å². The minimum Gasteiger partial charge on any atom is -0.454 e. The molecule has 30 heavy (non-hydrogen) atoms. The van der Waals surface area contributed by atoms with Gasteiger partial charge in [0, 0.05) is 24.8 Å². The largest absolute Gasteiger partial charge is 0.454 e. The standard InChI is InChI=1S/C20H18FN5O4/c21-13-1-3-14(4-2-13)22-18-23-19(26-7-9-27-10-8-26)25-20(24-18)30-15-5-6-16-17(11-15)29-12-28-16/h1-6,11H,7-10,12H2,(H,22,23,24,25). The lowest BCUT2D eigenvalue weighted by molar-refractivity contribution is 0.122. The summed E-state index contributed by atoms with van der Waals surface area (Å²) in [4.78, 5) is 15.3. The third-order valence-corrected chi connectivity index (χ3v) is 4.55. The summed E-state index contributed by atoms with van der Waals surface area (Å²) in [6.07, 6.45) is 0. The van der Waals surface area contributed by atoms with Gasteiger partial charge in [0.05, 0.1) is 13.2 Å². The van der Waals surface area contributed by atoms with Crippen LogP contribution < -0.4 is 24.4 Å². The van der Waals surface area contributed by atoms with Gasteiger partial charge in [0.1, 0.15) is 11.6 Å². The molecule has 0 unspecified atom stereocenters. The van der Waals surface area contributed by atoms with Crippen LogP contribution in [-0.2, 0) is 4.74 Å². The molecule has 154 valence electrons. The van der Waals surface area contributed by atoms with E-state index in [9.17, 15) is 4.39 Å². The fraction of sp³-hybridized carbons (Fsp3) is 0.250. The van der Waals surface area contributed by atoms with Crippen molar-refractivity contribution >= 4 is 17.6 Å². The van der Waals surface area contributed by atoms with Crippen molar-refractivity contribution in [1.29, 1.82) is 0 Å². The summed E-state index contributed by atoms with van der Waals surface area (Å²) >= 11 is 0. The summed E-state index contributed by atoms with van der Waals surface area (Å²) in [6.45, 7) is 2.67. The third kappa shape index (κ3) is 4.03. The van der Waals surface area contributed by atoms with Gasteiger partial charge in [-0.05, 0) is 36.4 Å². The molecule has 3 heterocycles. The molecule has 0 atom stereocenters. The maximum atomic E-state index is 13.2. The van der Waals surface area contributed by atoms with E-state index in [-0.39, 0.29) is 24.6 Å². The summed E-state index contributed by atoms with van der Waals surface area (Å²) in [5, 5.41) is 3.07. The molecule has 10 heteroatoms. The summed E-state index contributed by atoms with van der Waals surface area (Å²) in [5.74, 6) is 2.19. The Kier molecular flexibility index (Phi) is 4.89. The Morgan fingerprint density at radius 2 is 1.73 bits per heavy atom. The molecule has 1 N–H and O–H groups in total. The van der Waals surface area contributed by atoms with Gasteiger partial charge in [0.2, 0.25) is 18.7 Å². The number of hydrogen-bond acceptors (Lipinski definition) is 9. The molecule has 0 bridgehead atoms. The molecule has 0 aliphatic carbocycles. The number of nitrogens with zero attached hydrogens (tertiary/aromatic N) is 4.